The second-order valence-electron chi connectivity index (χ2n) is 7.15. The number of benzene rings is 1. The molecule has 0 saturated heterocycles. The van der Waals surface area contributed by atoms with E-state index in [2.05, 4.69) is 19.9 Å². The highest BCUT2D eigenvalue weighted by Crippen LogP contribution is 2.67. The third kappa shape index (κ3) is 1.77. The van der Waals surface area contributed by atoms with Crippen molar-refractivity contribution in [3.63, 3.8) is 0 Å². The molecule has 0 aliphatic heterocycles. The molecule has 1 saturated carbocycles. The van der Waals surface area contributed by atoms with Crippen molar-refractivity contribution in [3.8, 4) is 0 Å². The average Bonchev–Trinajstić information content (AvgIpc) is 3.03. The number of halogens is 1. The van der Waals surface area contributed by atoms with Gasteiger partial charge in [-0.3, -0.25) is 0 Å². The van der Waals surface area contributed by atoms with Crippen molar-refractivity contribution in [2.75, 3.05) is 6.54 Å². The molecular formula is C18H20FNS. The van der Waals surface area contributed by atoms with Gasteiger partial charge in [-0.25, -0.2) is 4.39 Å². The molecule has 4 rings (SSSR count). The van der Waals surface area contributed by atoms with Gasteiger partial charge in [-0.05, 0) is 64.8 Å². The van der Waals surface area contributed by atoms with Crippen molar-refractivity contribution >= 4 is 27.0 Å². The summed E-state index contributed by atoms with van der Waals surface area (Å²) >= 11 is 1.71. The largest absolute Gasteiger partial charge is 0.327 e. The van der Waals surface area contributed by atoms with Crippen LogP contribution in [0.25, 0.3) is 15.7 Å². The molecule has 2 bridgehead atoms. The summed E-state index contributed by atoms with van der Waals surface area (Å²) < 4.78 is 14.5. The number of hydrogen-bond acceptors (Lipinski definition) is 2. The molecule has 1 aromatic carbocycles. The summed E-state index contributed by atoms with van der Waals surface area (Å²) in [5.41, 5.74) is 9.52. The topological polar surface area (TPSA) is 26.0 Å². The standard InChI is InChI=1S/C18H20FNS/c1-17-5-6-18(2,10-17)16(13(17)9-20)15-7-11-3-4-12(19)8-14(11)21-15/h3-4,7-8H,5-6,9-10,20H2,1-2H3. The van der Waals surface area contributed by atoms with Crippen molar-refractivity contribution in [2.24, 2.45) is 16.6 Å². The number of fused-ring (bicyclic) bond motifs is 3. The maximum Gasteiger partial charge on any atom is 0.124 e. The lowest BCUT2D eigenvalue weighted by atomic mass is 9.77. The zero-order valence-electron chi connectivity index (χ0n) is 12.5. The van der Waals surface area contributed by atoms with E-state index in [0.717, 1.165) is 10.1 Å². The number of rotatable bonds is 2. The van der Waals surface area contributed by atoms with Crippen molar-refractivity contribution in [1.29, 1.82) is 0 Å². The molecule has 2 aliphatic carbocycles. The highest BCUT2D eigenvalue weighted by atomic mass is 32.1. The van der Waals surface area contributed by atoms with E-state index < -0.39 is 0 Å². The van der Waals surface area contributed by atoms with Gasteiger partial charge >= 0.3 is 0 Å². The molecule has 2 N–H and O–H groups in total. The third-order valence-electron chi connectivity index (χ3n) is 5.58. The first-order chi connectivity index (χ1) is 9.95. The zero-order valence-corrected chi connectivity index (χ0v) is 13.3. The van der Waals surface area contributed by atoms with E-state index in [1.54, 1.807) is 23.5 Å². The van der Waals surface area contributed by atoms with Crippen LogP contribution in [0.1, 0.15) is 38.0 Å². The SMILES string of the molecule is CC12CCC(C)(C1)C(c1cc3ccc(F)cc3s1)=C2CN. The molecule has 2 unspecified atom stereocenters. The molecule has 2 atom stereocenters. The van der Waals surface area contributed by atoms with Crippen molar-refractivity contribution < 1.29 is 4.39 Å². The van der Waals surface area contributed by atoms with Crippen LogP contribution in [0.3, 0.4) is 0 Å². The van der Waals surface area contributed by atoms with E-state index >= 15 is 0 Å². The third-order valence-corrected chi connectivity index (χ3v) is 6.69. The first-order valence-corrected chi connectivity index (χ1v) is 8.41. The van der Waals surface area contributed by atoms with E-state index in [-0.39, 0.29) is 16.6 Å². The van der Waals surface area contributed by atoms with Crippen molar-refractivity contribution in [1.82, 2.24) is 0 Å². The fourth-order valence-corrected chi connectivity index (χ4v) is 5.96. The summed E-state index contributed by atoms with van der Waals surface area (Å²) in [6.45, 7) is 5.38. The maximum atomic E-state index is 13.4. The fraction of sp³-hybridized carbons (Fsp3) is 0.444. The van der Waals surface area contributed by atoms with E-state index in [9.17, 15) is 4.39 Å². The quantitative estimate of drug-likeness (QED) is 0.833. The molecule has 1 fully saturated rings. The molecule has 0 amide bonds. The first-order valence-electron chi connectivity index (χ1n) is 7.59. The number of thiophene rings is 1. The zero-order chi connectivity index (χ0) is 14.8. The van der Waals surface area contributed by atoms with Gasteiger partial charge in [-0.1, -0.05) is 19.9 Å². The lowest BCUT2D eigenvalue weighted by molar-refractivity contribution is 0.399. The molecular weight excluding hydrogens is 281 g/mol. The summed E-state index contributed by atoms with van der Waals surface area (Å²) in [4.78, 5) is 1.29. The van der Waals surface area contributed by atoms with Gasteiger partial charge in [0.05, 0.1) is 0 Å². The highest BCUT2D eigenvalue weighted by Gasteiger charge is 2.54. The van der Waals surface area contributed by atoms with Crippen LogP contribution in [0.4, 0.5) is 4.39 Å². The van der Waals surface area contributed by atoms with Gasteiger partial charge in [-0.2, -0.15) is 0 Å². The lowest BCUT2D eigenvalue weighted by Crippen LogP contribution is -2.21. The smallest absolute Gasteiger partial charge is 0.124 e. The average molecular weight is 301 g/mol. The number of allylic oxidation sites excluding steroid dienone is 1. The Labute approximate surface area is 128 Å². The van der Waals surface area contributed by atoms with E-state index in [1.807, 2.05) is 6.07 Å². The fourth-order valence-electron chi connectivity index (χ4n) is 4.65. The Hall–Kier alpha value is -1.19. The molecule has 110 valence electrons. The van der Waals surface area contributed by atoms with Gasteiger partial charge in [0.25, 0.3) is 0 Å². The maximum absolute atomic E-state index is 13.4. The number of nitrogens with two attached hydrogens (primary N) is 1. The predicted molar refractivity (Wildman–Crippen MR) is 87.8 cm³/mol. The normalized spacial score (nSPS) is 31.6. The van der Waals surface area contributed by atoms with Gasteiger partial charge < -0.3 is 5.73 Å². The van der Waals surface area contributed by atoms with E-state index in [0.29, 0.717) is 6.54 Å². The Morgan fingerprint density at radius 2 is 1.95 bits per heavy atom. The minimum Gasteiger partial charge on any atom is -0.327 e. The lowest BCUT2D eigenvalue weighted by Gasteiger charge is -2.29. The molecule has 1 nitrogen and oxygen atoms in total. The van der Waals surface area contributed by atoms with Crippen molar-refractivity contribution in [3.05, 3.63) is 40.5 Å². The van der Waals surface area contributed by atoms with Crippen LogP contribution in [0.2, 0.25) is 0 Å². The first kappa shape index (κ1) is 13.5. The minimum absolute atomic E-state index is 0.157. The van der Waals surface area contributed by atoms with Crippen LogP contribution in [0.15, 0.2) is 29.8 Å². The van der Waals surface area contributed by atoms with Crippen LogP contribution in [-0.2, 0) is 0 Å². The molecule has 3 heteroatoms. The Bertz CT molecular complexity index is 775. The van der Waals surface area contributed by atoms with Gasteiger partial charge in [0.1, 0.15) is 5.82 Å². The molecule has 21 heavy (non-hydrogen) atoms. The highest BCUT2D eigenvalue weighted by molar-refractivity contribution is 7.20. The summed E-state index contributed by atoms with van der Waals surface area (Å²) in [7, 11) is 0. The Morgan fingerprint density at radius 1 is 1.19 bits per heavy atom. The Morgan fingerprint density at radius 3 is 2.71 bits per heavy atom. The predicted octanol–water partition coefficient (Wildman–Crippen LogP) is 4.96. The molecule has 1 heterocycles. The van der Waals surface area contributed by atoms with Crippen LogP contribution >= 0.6 is 11.3 Å². The molecule has 0 radical (unpaired) electrons. The van der Waals surface area contributed by atoms with Gasteiger partial charge in [0, 0.05) is 16.1 Å². The summed E-state index contributed by atoms with van der Waals surface area (Å²) in [6, 6.07) is 7.29. The molecule has 1 aromatic heterocycles. The van der Waals surface area contributed by atoms with Gasteiger partial charge in [-0.15, -0.1) is 11.3 Å². The minimum atomic E-state index is -0.157. The van der Waals surface area contributed by atoms with E-state index in [1.165, 1.54) is 35.3 Å². The van der Waals surface area contributed by atoms with Gasteiger partial charge in [0.15, 0.2) is 0 Å². The summed E-state index contributed by atoms with van der Waals surface area (Å²) in [6.07, 6.45) is 3.70. The second kappa shape index (κ2) is 4.17. The Balaban J connectivity index is 1.94. The van der Waals surface area contributed by atoms with E-state index in [4.69, 9.17) is 5.73 Å². The Kier molecular flexibility index (Phi) is 2.68. The summed E-state index contributed by atoms with van der Waals surface area (Å²) in [5, 5.41) is 1.14. The number of hydrogen-bond donors (Lipinski definition) is 1. The van der Waals surface area contributed by atoms with Crippen LogP contribution in [0, 0.1) is 16.6 Å². The molecule has 0 spiro atoms. The molecule has 2 aromatic rings. The van der Waals surface area contributed by atoms with Gasteiger partial charge in [0.2, 0.25) is 0 Å². The van der Waals surface area contributed by atoms with Crippen LogP contribution < -0.4 is 5.73 Å². The van der Waals surface area contributed by atoms with Crippen LogP contribution in [-0.4, -0.2) is 6.54 Å². The van der Waals surface area contributed by atoms with Crippen molar-refractivity contribution in [2.45, 2.75) is 33.1 Å². The van der Waals surface area contributed by atoms with Crippen LogP contribution in [0.5, 0.6) is 0 Å². The summed E-state index contributed by atoms with van der Waals surface area (Å²) in [5.74, 6) is -0.157. The second-order valence-corrected chi connectivity index (χ2v) is 8.23. The molecule has 2 aliphatic rings. The monoisotopic (exact) mass is 301 g/mol.